The van der Waals surface area contributed by atoms with Crippen LogP contribution in [0.15, 0.2) is 24.3 Å². The minimum atomic E-state index is -0.278. The number of hydrogen-bond acceptors (Lipinski definition) is 2. The minimum absolute atomic E-state index is 0.278. The van der Waals surface area contributed by atoms with E-state index in [9.17, 15) is 4.79 Å². The Morgan fingerprint density at radius 2 is 1.85 bits per heavy atom. The lowest BCUT2D eigenvalue weighted by Gasteiger charge is -2.29. The molecule has 3 nitrogen and oxygen atoms in total. The number of anilines is 1. The van der Waals surface area contributed by atoms with Crippen molar-refractivity contribution in [3.05, 3.63) is 29.8 Å². The number of rotatable bonds is 6. The van der Waals surface area contributed by atoms with Gasteiger partial charge in [-0.05, 0) is 49.3 Å². The van der Waals surface area contributed by atoms with E-state index in [4.69, 9.17) is 5.73 Å². The molecule has 0 unspecified atom stereocenters. The molecule has 1 aromatic rings. The lowest BCUT2D eigenvalue weighted by molar-refractivity contribution is -0.117. The molecule has 110 valence electrons. The highest BCUT2D eigenvalue weighted by molar-refractivity contribution is 5.76. The topological polar surface area (TPSA) is 55.1 Å². The van der Waals surface area contributed by atoms with Gasteiger partial charge in [0.1, 0.15) is 0 Å². The van der Waals surface area contributed by atoms with Crippen LogP contribution in [0, 0.1) is 5.92 Å². The van der Waals surface area contributed by atoms with Crippen LogP contribution in [0.2, 0.25) is 0 Å². The highest BCUT2D eigenvalue weighted by Crippen LogP contribution is 2.29. The van der Waals surface area contributed by atoms with Gasteiger partial charge >= 0.3 is 0 Å². The molecule has 1 aromatic carbocycles. The third-order valence-electron chi connectivity index (χ3n) is 4.25. The molecule has 0 heterocycles. The molecule has 0 atom stereocenters. The largest absolute Gasteiger partial charge is 0.382 e. The third-order valence-corrected chi connectivity index (χ3v) is 4.25. The fourth-order valence-electron chi connectivity index (χ4n) is 3.16. The molecule has 1 saturated carbocycles. The maximum Gasteiger partial charge on any atom is 0.221 e. The van der Waals surface area contributed by atoms with Crippen molar-refractivity contribution in [3.63, 3.8) is 0 Å². The molecule has 1 aliphatic rings. The predicted molar refractivity (Wildman–Crippen MR) is 83.6 cm³/mol. The van der Waals surface area contributed by atoms with Crippen LogP contribution in [0.4, 0.5) is 5.69 Å². The summed E-state index contributed by atoms with van der Waals surface area (Å²) < 4.78 is 0. The normalized spacial score (nSPS) is 22.4. The summed E-state index contributed by atoms with van der Waals surface area (Å²) in [6, 6.07) is 8.67. The summed E-state index contributed by atoms with van der Waals surface area (Å²) in [5, 5.41) is 3.61. The monoisotopic (exact) mass is 274 g/mol. The second-order valence-corrected chi connectivity index (χ2v) is 5.99. The van der Waals surface area contributed by atoms with Crippen LogP contribution in [-0.4, -0.2) is 11.9 Å². The first-order chi connectivity index (χ1) is 9.67. The van der Waals surface area contributed by atoms with E-state index in [0.29, 0.717) is 12.5 Å². The van der Waals surface area contributed by atoms with E-state index >= 15 is 0 Å². The Balaban J connectivity index is 1.80. The van der Waals surface area contributed by atoms with Gasteiger partial charge in [-0.15, -0.1) is 0 Å². The minimum Gasteiger partial charge on any atom is -0.382 e. The summed E-state index contributed by atoms with van der Waals surface area (Å²) in [4.78, 5) is 10.9. The number of primary amides is 1. The van der Waals surface area contributed by atoms with Crippen LogP contribution in [0.25, 0.3) is 0 Å². The van der Waals surface area contributed by atoms with Gasteiger partial charge in [-0.3, -0.25) is 4.79 Å². The number of hydrogen-bond donors (Lipinski definition) is 2. The first-order valence-corrected chi connectivity index (χ1v) is 7.81. The zero-order valence-corrected chi connectivity index (χ0v) is 12.4. The molecular formula is C17H26N2O. The molecule has 0 saturated heterocycles. The SMILES string of the molecule is CCCC1CCC(Nc2ccc(CC(N)=O)cc2)CC1. The van der Waals surface area contributed by atoms with Crippen LogP contribution in [0.1, 0.15) is 51.0 Å². The summed E-state index contributed by atoms with van der Waals surface area (Å²) in [5.74, 6) is 0.663. The fourth-order valence-corrected chi connectivity index (χ4v) is 3.16. The van der Waals surface area contributed by atoms with E-state index in [0.717, 1.165) is 17.2 Å². The molecule has 0 aliphatic heterocycles. The molecule has 1 amide bonds. The van der Waals surface area contributed by atoms with Gasteiger partial charge in [0.15, 0.2) is 0 Å². The van der Waals surface area contributed by atoms with E-state index in [1.54, 1.807) is 0 Å². The summed E-state index contributed by atoms with van der Waals surface area (Å²) in [6.45, 7) is 2.28. The molecular weight excluding hydrogens is 248 g/mol. The molecule has 0 bridgehead atoms. The Morgan fingerprint density at radius 3 is 2.40 bits per heavy atom. The van der Waals surface area contributed by atoms with E-state index in [-0.39, 0.29) is 5.91 Å². The number of benzene rings is 1. The van der Waals surface area contributed by atoms with E-state index < -0.39 is 0 Å². The molecule has 20 heavy (non-hydrogen) atoms. The van der Waals surface area contributed by atoms with Crippen LogP contribution in [0.3, 0.4) is 0 Å². The van der Waals surface area contributed by atoms with Crippen LogP contribution >= 0.6 is 0 Å². The number of nitrogens with two attached hydrogens (primary N) is 1. The maximum absolute atomic E-state index is 10.9. The smallest absolute Gasteiger partial charge is 0.221 e. The Morgan fingerprint density at radius 1 is 1.20 bits per heavy atom. The maximum atomic E-state index is 10.9. The average Bonchev–Trinajstić information content (AvgIpc) is 2.43. The van der Waals surface area contributed by atoms with Gasteiger partial charge in [0.2, 0.25) is 5.91 Å². The lowest BCUT2D eigenvalue weighted by Crippen LogP contribution is -2.26. The molecule has 1 fully saturated rings. The second kappa shape index (κ2) is 7.32. The van der Waals surface area contributed by atoms with Crippen molar-refractivity contribution >= 4 is 11.6 Å². The highest BCUT2D eigenvalue weighted by Gasteiger charge is 2.20. The molecule has 3 N–H and O–H groups in total. The molecule has 0 aromatic heterocycles. The van der Waals surface area contributed by atoms with Gasteiger partial charge < -0.3 is 11.1 Å². The summed E-state index contributed by atoms with van der Waals surface area (Å²) in [5.41, 5.74) is 7.33. The van der Waals surface area contributed by atoms with Gasteiger partial charge in [-0.1, -0.05) is 31.9 Å². The van der Waals surface area contributed by atoms with Gasteiger partial charge in [0, 0.05) is 11.7 Å². The third kappa shape index (κ3) is 4.55. The number of carbonyl (C=O) groups is 1. The molecule has 0 radical (unpaired) electrons. The second-order valence-electron chi connectivity index (χ2n) is 5.99. The van der Waals surface area contributed by atoms with Crippen LogP contribution in [-0.2, 0) is 11.2 Å². The van der Waals surface area contributed by atoms with Gasteiger partial charge in [-0.25, -0.2) is 0 Å². The Kier molecular flexibility index (Phi) is 5.45. The standard InChI is InChI=1S/C17H26N2O/c1-2-3-13-4-8-15(9-5-13)19-16-10-6-14(7-11-16)12-17(18)20/h6-7,10-11,13,15,19H,2-5,8-9,12H2,1H3,(H2,18,20). The Bertz CT molecular complexity index is 419. The number of amides is 1. The van der Waals surface area contributed by atoms with Crippen molar-refractivity contribution in [2.45, 2.75) is 57.9 Å². The van der Waals surface area contributed by atoms with Crippen molar-refractivity contribution in [2.75, 3.05) is 5.32 Å². The van der Waals surface area contributed by atoms with Crippen molar-refractivity contribution in [2.24, 2.45) is 11.7 Å². The average molecular weight is 274 g/mol. The Labute approximate surface area is 121 Å². The molecule has 1 aliphatic carbocycles. The first-order valence-electron chi connectivity index (χ1n) is 7.81. The van der Waals surface area contributed by atoms with Crippen molar-refractivity contribution in [1.82, 2.24) is 0 Å². The van der Waals surface area contributed by atoms with Gasteiger partial charge in [0.25, 0.3) is 0 Å². The van der Waals surface area contributed by atoms with Crippen molar-refractivity contribution in [1.29, 1.82) is 0 Å². The van der Waals surface area contributed by atoms with Gasteiger partial charge in [0.05, 0.1) is 6.42 Å². The zero-order chi connectivity index (χ0) is 14.4. The Hall–Kier alpha value is -1.51. The van der Waals surface area contributed by atoms with Crippen LogP contribution in [0.5, 0.6) is 0 Å². The van der Waals surface area contributed by atoms with Crippen LogP contribution < -0.4 is 11.1 Å². The van der Waals surface area contributed by atoms with Gasteiger partial charge in [-0.2, -0.15) is 0 Å². The van der Waals surface area contributed by atoms with Crippen molar-refractivity contribution < 1.29 is 4.79 Å². The number of nitrogens with one attached hydrogen (secondary N) is 1. The molecule has 0 spiro atoms. The highest BCUT2D eigenvalue weighted by atomic mass is 16.1. The molecule has 2 rings (SSSR count). The quantitative estimate of drug-likeness (QED) is 0.834. The predicted octanol–water partition coefficient (Wildman–Crippen LogP) is 3.49. The zero-order valence-electron chi connectivity index (χ0n) is 12.4. The summed E-state index contributed by atoms with van der Waals surface area (Å²) >= 11 is 0. The number of carbonyl (C=O) groups excluding carboxylic acids is 1. The van der Waals surface area contributed by atoms with E-state index in [1.165, 1.54) is 38.5 Å². The van der Waals surface area contributed by atoms with E-state index in [2.05, 4.69) is 24.4 Å². The fraction of sp³-hybridized carbons (Fsp3) is 0.588. The summed E-state index contributed by atoms with van der Waals surface area (Å²) in [7, 11) is 0. The van der Waals surface area contributed by atoms with Crippen molar-refractivity contribution in [3.8, 4) is 0 Å². The lowest BCUT2D eigenvalue weighted by atomic mass is 9.83. The summed E-state index contributed by atoms with van der Waals surface area (Å²) in [6.07, 6.45) is 8.26. The van der Waals surface area contributed by atoms with E-state index in [1.807, 2.05) is 12.1 Å². The first kappa shape index (κ1) is 14.9. The molecule has 3 heteroatoms.